The average Bonchev–Trinajstić information content (AvgIpc) is 2.77. The van der Waals surface area contributed by atoms with E-state index in [1.165, 1.54) is 0 Å². The Hall–Kier alpha value is -2.23. The zero-order chi connectivity index (χ0) is 13.1. The van der Waals surface area contributed by atoms with Crippen LogP contribution in [0, 0.1) is 13.8 Å². The molecule has 0 saturated carbocycles. The molecule has 2 rings (SSSR count). The van der Waals surface area contributed by atoms with Crippen LogP contribution in [-0.4, -0.2) is 5.91 Å². The van der Waals surface area contributed by atoms with Crippen molar-refractivity contribution in [1.29, 1.82) is 0 Å². The summed E-state index contributed by atoms with van der Waals surface area (Å²) in [6, 6.07) is 9.09. The highest BCUT2D eigenvalue weighted by Gasteiger charge is 2.10. The highest BCUT2D eigenvalue weighted by molar-refractivity contribution is 5.91. The molecule has 1 aromatic heterocycles. The van der Waals surface area contributed by atoms with E-state index in [0.717, 1.165) is 22.6 Å². The molecule has 1 aromatic carbocycles. The van der Waals surface area contributed by atoms with E-state index in [1.807, 2.05) is 25.1 Å². The van der Waals surface area contributed by atoms with Crippen molar-refractivity contribution in [3.8, 4) is 0 Å². The maximum absolute atomic E-state index is 11.8. The van der Waals surface area contributed by atoms with Gasteiger partial charge in [0.15, 0.2) is 5.76 Å². The number of nitrogen functional groups attached to an aromatic ring is 1. The van der Waals surface area contributed by atoms with Crippen molar-refractivity contribution in [3.05, 3.63) is 53.0 Å². The number of carbonyl (C=O) groups excluding carboxylic acids is 1. The topological polar surface area (TPSA) is 68.3 Å². The first-order valence-electron chi connectivity index (χ1n) is 5.76. The monoisotopic (exact) mass is 244 g/mol. The highest BCUT2D eigenvalue weighted by Crippen LogP contribution is 2.15. The molecular formula is C14H16N2O2. The predicted molar refractivity (Wildman–Crippen MR) is 70.2 cm³/mol. The summed E-state index contributed by atoms with van der Waals surface area (Å²) < 4.78 is 5.25. The van der Waals surface area contributed by atoms with Crippen LogP contribution in [0.2, 0.25) is 0 Å². The van der Waals surface area contributed by atoms with E-state index in [2.05, 4.69) is 5.32 Å². The standard InChI is InChI=1S/C14H16N2O2/c1-9-6-7-13(18-9)14(17)16-8-11-4-3-5-12(15)10(11)2/h3-7H,8,15H2,1-2H3,(H,16,17). The van der Waals surface area contributed by atoms with Gasteiger partial charge in [0.25, 0.3) is 5.91 Å². The van der Waals surface area contributed by atoms with Gasteiger partial charge in [-0.25, -0.2) is 0 Å². The fourth-order valence-corrected chi connectivity index (χ4v) is 1.71. The molecule has 94 valence electrons. The lowest BCUT2D eigenvalue weighted by atomic mass is 10.1. The third kappa shape index (κ3) is 2.53. The molecule has 0 saturated heterocycles. The summed E-state index contributed by atoms with van der Waals surface area (Å²) in [6.45, 7) is 4.18. The van der Waals surface area contributed by atoms with E-state index >= 15 is 0 Å². The number of amides is 1. The highest BCUT2D eigenvalue weighted by atomic mass is 16.3. The Morgan fingerprint density at radius 1 is 1.28 bits per heavy atom. The number of hydrogen-bond acceptors (Lipinski definition) is 3. The van der Waals surface area contributed by atoms with Crippen molar-refractivity contribution in [2.75, 3.05) is 5.73 Å². The zero-order valence-corrected chi connectivity index (χ0v) is 10.5. The van der Waals surface area contributed by atoms with E-state index in [-0.39, 0.29) is 5.91 Å². The van der Waals surface area contributed by atoms with E-state index in [0.29, 0.717) is 12.3 Å². The first kappa shape index (κ1) is 12.2. The molecule has 2 aromatic rings. The van der Waals surface area contributed by atoms with E-state index in [1.54, 1.807) is 19.1 Å². The molecule has 3 N–H and O–H groups in total. The fraction of sp³-hybridized carbons (Fsp3) is 0.214. The van der Waals surface area contributed by atoms with Gasteiger partial charge in [-0.1, -0.05) is 12.1 Å². The van der Waals surface area contributed by atoms with Gasteiger partial charge in [-0.2, -0.15) is 0 Å². The van der Waals surface area contributed by atoms with Crippen LogP contribution in [-0.2, 0) is 6.54 Å². The molecule has 1 heterocycles. The second-order valence-electron chi connectivity index (χ2n) is 4.22. The lowest BCUT2D eigenvalue weighted by molar-refractivity contribution is 0.0922. The molecular weight excluding hydrogens is 228 g/mol. The third-order valence-corrected chi connectivity index (χ3v) is 2.89. The number of furan rings is 1. The van der Waals surface area contributed by atoms with Gasteiger partial charge in [0.1, 0.15) is 5.76 Å². The number of aryl methyl sites for hydroxylation is 1. The average molecular weight is 244 g/mol. The molecule has 0 unspecified atom stereocenters. The first-order chi connectivity index (χ1) is 8.58. The molecule has 0 aliphatic rings. The summed E-state index contributed by atoms with van der Waals surface area (Å²) in [4.78, 5) is 11.8. The van der Waals surface area contributed by atoms with Crippen LogP contribution in [0.25, 0.3) is 0 Å². The van der Waals surface area contributed by atoms with Crippen molar-refractivity contribution in [2.45, 2.75) is 20.4 Å². The lowest BCUT2D eigenvalue weighted by Gasteiger charge is -2.08. The minimum atomic E-state index is -0.218. The Morgan fingerprint density at radius 3 is 2.72 bits per heavy atom. The van der Waals surface area contributed by atoms with E-state index < -0.39 is 0 Å². The van der Waals surface area contributed by atoms with Crippen LogP contribution in [0.15, 0.2) is 34.7 Å². The van der Waals surface area contributed by atoms with Gasteiger partial charge in [-0.3, -0.25) is 4.79 Å². The van der Waals surface area contributed by atoms with Crippen molar-refractivity contribution in [1.82, 2.24) is 5.32 Å². The van der Waals surface area contributed by atoms with Crippen LogP contribution in [0.3, 0.4) is 0 Å². The number of nitrogens with one attached hydrogen (secondary N) is 1. The minimum absolute atomic E-state index is 0.218. The normalized spacial score (nSPS) is 10.3. The largest absolute Gasteiger partial charge is 0.456 e. The quantitative estimate of drug-likeness (QED) is 0.815. The Labute approximate surface area is 106 Å². The van der Waals surface area contributed by atoms with Crippen molar-refractivity contribution >= 4 is 11.6 Å². The summed E-state index contributed by atoms with van der Waals surface area (Å²) >= 11 is 0. The fourth-order valence-electron chi connectivity index (χ4n) is 1.71. The Bertz CT molecular complexity index is 573. The Morgan fingerprint density at radius 2 is 2.06 bits per heavy atom. The SMILES string of the molecule is Cc1ccc(C(=O)NCc2cccc(N)c2C)o1. The molecule has 0 atom stereocenters. The number of nitrogens with two attached hydrogens (primary N) is 1. The molecule has 18 heavy (non-hydrogen) atoms. The van der Waals surface area contributed by atoms with Gasteiger partial charge in [0.2, 0.25) is 0 Å². The number of anilines is 1. The summed E-state index contributed by atoms with van der Waals surface area (Å²) in [5.74, 6) is 0.833. The second-order valence-corrected chi connectivity index (χ2v) is 4.22. The lowest BCUT2D eigenvalue weighted by Crippen LogP contribution is -2.22. The van der Waals surface area contributed by atoms with Gasteiger partial charge in [-0.05, 0) is 43.2 Å². The number of rotatable bonds is 3. The molecule has 0 radical (unpaired) electrons. The van der Waals surface area contributed by atoms with Crippen LogP contribution in [0.5, 0.6) is 0 Å². The van der Waals surface area contributed by atoms with Gasteiger partial charge in [0, 0.05) is 12.2 Å². The first-order valence-corrected chi connectivity index (χ1v) is 5.76. The van der Waals surface area contributed by atoms with Crippen molar-refractivity contribution in [3.63, 3.8) is 0 Å². The molecule has 0 spiro atoms. The third-order valence-electron chi connectivity index (χ3n) is 2.89. The Balaban J connectivity index is 2.04. The van der Waals surface area contributed by atoms with Crippen molar-refractivity contribution < 1.29 is 9.21 Å². The zero-order valence-electron chi connectivity index (χ0n) is 10.5. The second kappa shape index (κ2) is 4.96. The molecule has 0 aliphatic carbocycles. The maximum Gasteiger partial charge on any atom is 0.287 e. The van der Waals surface area contributed by atoms with Gasteiger partial charge >= 0.3 is 0 Å². The summed E-state index contributed by atoms with van der Waals surface area (Å²) in [7, 11) is 0. The maximum atomic E-state index is 11.8. The number of hydrogen-bond donors (Lipinski definition) is 2. The van der Waals surface area contributed by atoms with E-state index in [9.17, 15) is 4.79 Å². The van der Waals surface area contributed by atoms with Crippen molar-refractivity contribution in [2.24, 2.45) is 0 Å². The van der Waals surface area contributed by atoms with Crippen LogP contribution < -0.4 is 11.1 Å². The summed E-state index contributed by atoms with van der Waals surface area (Å²) in [5.41, 5.74) is 8.54. The summed E-state index contributed by atoms with van der Waals surface area (Å²) in [5, 5.41) is 2.81. The smallest absolute Gasteiger partial charge is 0.287 e. The number of carbonyl (C=O) groups is 1. The van der Waals surface area contributed by atoms with Crippen LogP contribution in [0.1, 0.15) is 27.4 Å². The molecule has 4 nitrogen and oxygen atoms in total. The predicted octanol–water partition coefficient (Wildman–Crippen LogP) is 2.41. The number of benzene rings is 1. The van der Waals surface area contributed by atoms with Gasteiger partial charge < -0.3 is 15.5 Å². The molecule has 0 fully saturated rings. The van der Waals surface area contributed by atoms with Gasteiger partial charge in [0.05, 0.1) is 0 Å². The van der Waals surface area contributed by atoms with E-state index in [4.69, 9.17) is 10.2 Å². The van der Waals surface area contributed by atoms with Crippen LogP contribution in [0.4, 0.5) is 5.69 Å². The minimum Gasteiger partial charge on any atom is -0.456 e. The molecule has 0 bridgehead atoms. The molecule has 1 amide bonds. The van der Waals surface area contributed by atoms with Crippen LogP contribution >= 0.6 is 0 Å². The summed E-state index contributed by atoms with van der Waals surface area (Å²) in [6.07, 6.45) is 0. The Kier molecular flexibility index (Phi) is 3.37. The van der Waals surface area contributed by atoms with Gasteiger partial charge in [-0.15, -0.1) is 0 Å². The molecule has 0 aliphatic heterocycles. The molecule has 4 heteroatoms.